The van der Waals surface area contributed by atoms with Gasteiger partial charge in [-0.3, -0.25) is 9.52 Å². The number of ether oxygens (including phenoxy) is 2. The van der Waals surface area contributed by atoms with Crippen LogP contribution in [0.3, 0.4) is 0 Å². The van der Waals surface area contributed by atoms with Crippen molar-refractivity contribution in [3.05, 3.63) is 119 Å². The predicted molar refractivity (Wildman–Crippen MR) is 157 cm³/mol. The first kappa shape index (κ1) is 29.0. The molecule has 0 unspecified atom stereocenters. The molecule has 41 heavy (non-hydrogen) atoms. The lowest BCUT2D eigenvalue weighted by Gasteiger charge is -2.09. The van der Waals surface area contributed by atoms with Crippen LogP contribution in [0.15, 0.2) is 107 Å². The number of carbonyl (C=O) groups excluding carboxylic acids is 2. The standard InChI is InChI=1S/C31H29N3O6S/c1-3-20-39-27-16-10-25(11-17-27)31(36)40-28-14-6-23(7-15-28)21-32-33-30(35)24-8-12-26(13-9-24)34-41(37,38)29-18-4-22(2)5-19-29/h4-19,21,34H,3,20H2,1-2H3,(H,33,35)/b32-21-. The number of nitrogens with one attached hydrogen (secondary N) is 2. The minimum absolute atomic E-state index is 0.147. The number of rotatable bonds is 11. The van der Waals surface area contributed by atoms with Gasteiger partial charge in [0.05, 0.1) is 23.3 Å². The second-order valence-electron chi connectivity index (χ2n) is 9.03. The van der Waals surface area contributed by atoms with E-state index in [0.29, 0.717) is 40.5 Å². The monoisotopic (exact) mass is 571 g/mol. The van der Waals surface area contributed by atoms with E-state index in [0.717, 1.165) is 12.0 Å². The summed E-state index contributed by atoms with van der Waals surface area (Å²) in [6.07, 6.45) is 2.34. The number of anilines is 1. The predicted octanol–water partition coefficient (Wildman–Crippen LogP) is 5.57. The fraction of sp³-hybridized carbons (Fsp3) is 0.129. The van der Waals surface area contributed by atoms with Crippen LogP contribution in [0.25, 0.3) is 0 Å². The minimum atomic E-state index is -3.74. The highest BCUT2D eigenvalue weighted by Crippen LogP contribution is 2.18. The topological polar surface area (TPSA) is 123 Å². The number of sulfonamides is 1. The van der Waals surface area contributed by atoms with Gasteiger partial charge in [-0.1, -0.05) is 24.6 Å². The summed E-state index contributed by atoms with van der Waals surface area (Å²) < 4.78 is 38.5. The molecule has 0 spiro atoms. The first-order valence-corrected chi connectivity index (χ1v) is 14.3. The number of hydrogen-bond acceptors (Lipinski definition) is 7. The minimum Gasteiger partial charge on any atom is -0.494 e. The van der Waals surface area contributed by atoms with E-state index in [2.05, 4.69) is 15.2 Å². The van der Waals surface area contributed by atoms with Gasteiger partial charge in [-0.25, -0.2) is 18.6 Å². The van der Waals surface area contributed by atoms with Gasteiger partial charge >= 0.3 is 5.97 Å². The molecule has 4 rings (SSSR count). The van der Waals surface area contributed by atoms with Gasteiger partial charge in [-0.2, -0.15) is 5.10 Å². The van der Waals surface area contributed by atoms with Crippen LogP contribution in [0.4, 0.5) is 5.69 Å². The molecule has 0 atom stereocenters. The van der Waals surface area contributed by atoms with Crippen LogP contribution < -0.4 is 19.6 Å². The molecule has 0 radical (unpaired) electrons. The van der Waals surface area contributed by atoms with Crippen LogP contribution in [0.5, 0.6) is 11.5 Å². The maximum absolute atomic E-state index is 12.5. The molecule has 4 aromatic rings. The van der Waals surface area contributed by atoms with Crippen molar-refractivity contribution in [1.29, 1.82) is 0 Å². The summed E-state index contributed by atoms with van der Waals surface area (Å²) in [4.78, 5) is 25.0. The number of benzene rings is 4. The normalized spacial score (nSPS) is 11.2. The molecule has 9 nitrogen and oxygen atoms in total. The van der Waals surface area contributed by atoms with E-state index in [1.165, 1.54) is 42.6 Å². The van der Waals surface area contributed by atoms with Gasteiger partial charge in [0.1, 0.15) is 11.5 Å². The zero-order valence-corrected chi connectivity index (χ0v) is 23.4. The summed E-state index contributed by atoms with van der Waals surface area (Å²) in [5.41, 5.74) is 5.08. The molecule has 0 aliphatic rings. The lowest BCUT2D eigenvalue weighted by Crippen LogP contribution is -2.18. The molecule has 2 N–H and O–H groups in total. The van der Waals surface area contributed by atoms with Crippen molar-refractivity contribution < 1.29 is 27.5 Å². The van der Waals surface area contributed by atoms with Crippen molar-refractivity contribution in [2.45, 2.75) is 25.2 Å². The second kappa shape index (κ2) is 13.4. The average Bonchev–Trinajstić information content (AvgIpc) is 2.97. The first-order chi connectivity index (χ1) is 19.7. The number of carbonyl (C=O) groups is 2. The second-order valence-corrected chi connectivity index (χ2v) is 10.7. The van der Waals surface area contributed by atoms with Crippen molar-refractivity contribution in [1.82, 2.24) is 5.43 Å². The van der Waals surface area contributed by atoms with Gasteiger partial charge in [0.2, 0.25) is 0 Å². The summed E-state index contributed by atoms with van der Waals surface area (Å²) in [7, 11) is -3.74. The van der Waals surface area contributed by atoms with Crippen LogP contribution in [0, 0.1) is 6.92 Å². The highest BCUT2D eigenvalue weighted by Gasteiger charge is 2.14. The fourth-order valence-corrected chi connectivity index (χ4v) is 4.60. The van der Waals surface area contributed by atoms with E-state index < -0.39 is 21.9 Å². The lowest BCUT2D eigenvalue weighted by atomic mass is 10.2. The summed E-state index contributed by atoms with van der Waals surface area (Å²) in [6, 6.07) is 25.8. The molecule has 0 fully saturated rings. The Morgan fingerprint density at radius 3 is 2.05 bits per heavy atom. The zero-order chi connectivity index (χ0) is 29.2. The van der Waals surface area contributed by atoms with Gasteiger partial charge < -0.3 is 9.47 Å². The van der Waals surface area contributed by atoms with E-state index >= 15 is 0 Å². The molecule has 0 aromatic heterocycles. The molecule has 0 heterocycles. The largest absolute Gasteiger partial charge is 0.494 e. The van der Waals surface area contributed by atoms with E-state index in [1.807, 2.05) is 13.8 Å². The molecule has 10 heteroatoms. The Bertz CT molecular complexity index is 1620. The Morgan fingerprint density at radius 1 is 0.805 bits per heavy atom. The van der Waals surface area contributed by atoms with Crippen LogP contribution in [0.1, 0.15) is 45.2 Å². The van der Waals surface area contributed by atoms with Gasteiger partial charge in [0, 0.05) is 11.3 Å². The number of hydrogen-bond donors (Lipinski definition) is 2. The smallest absolute Gasteiger partial charge is 0.343 e. The molecule has 0 aliphatic carbocycles. The highest BCUT2D eigenvalue weighted by atomic mass is 32.2. The maximum atomic E-state index is 12.5. The fourth-order valence-electron chi connectivity index (χ4n) is 3.55. The number of aryl methyl sites for hydroxylation is 1. The van der Waals surface area contributed by atoms with Crippen molar-refractivity contribution in [3.8, 4) is 11.5 Å². The summed E-state index contributed by atoms with van der Waals surface area (Å²) in [5, 5.41) is 3.96. The molecule has 0 saturated heterocycles. The molecular formula is C31H29N3O6S. The van der Waals surface area contributed by atoms with Crippen LogP contribution in [-0.4, -0.2) is 33.1 Å². The van der Waals surface area contributed by atoms with Crippen molar-refractivity contribution in [2.75, 3.05) is 11.3 Å². The number of amides is 1. The van der Waals surface area contributed by atoms with Gasteiger partial charge in [-0.05, 0) is 104 Å². The highest BCUT2D eigenvalue weighted by molar-refractivity contribution is 7.92. The van der Waals surface area contributed by atoms with Gasteiger partial charge in [-0.15, -0.1) is 0 Å². The third-order valence-electron chi connectivity index (χ3n) is 5.76. The number of hydrazone groups is 1. The third-order valence-corrected chi connectivity index (χ3v) is 7.16. The molecule has 4 aromatic carbocycles. The molecule has 0 bridgehead atoms. The molecular weight excluding hydrogens is 542 g/mol. The zero-order valence-electron chi connectivity index (χ0n) is 22.5. The first-order valence-electron chi connectivity index (χ1n) is 12.8. The van der Waals surface area contributed by atoms with E-state index in [-0.39, 0.29) is 4.90 Å². The Labute approximate surface area is 238 Å². The molecule has 0 saturated carbocycles. The summed E-state index contributed by atoms with van der Waals surface area (Å²) >= 11 is 0. The van der Waals surface area contributed by atoms with Gasteiger partial charge in [0.25, 0.3) is 15.9 Å². The Morgan fingerprint density at radius 2 is 1.41 bits per heavy atom. The van der Waals surface area contributed by atoms with Gasteiger partial charge in [0.15, 0.2) is 0 Å². The van der Waals surface area contributed by atoms with Crippen LogP contribution in [0.2, 0.25) is 0 Å². The van der Waals surface area contributed by atoms with E-state index in [4.69, 9.17) is 9.47 Å². The third kappa shape index (κ3) is 8.26. The lowest BCUT2D eigenvalue weighted by molar-refractivity contribution is 0.0734. The molecule has 0 aliphatic heterocycles. The van der Waals surface area contributed by atoms with Crippen LogP contribution in [-0.2, 0) is 10.0 Å². The number of esters is 1. The van der Waals surface area contributed by atoms with Crippen molar-refractivity contribution in [3.63, 3.8) is 0 Å². The average molecular weight is 572 g/mol. The maximum Gasteiger partial charge on any atom is 0.343 e. The summed E-state index contributed by atoms with van der Waals surface area (Å²) in [6.45, 7) is 4.50. The quantitative estimate of drug-likeness (QED) is 0.105. The Kier molecular flexibility index (Phi) is 9.49. The Hall–Kier alpha value is -4.96. The Balaban J connectivity index is 1.27. The molecule has 210 valence electrons. The van der Waals surface area contributed by atoms with Crippen LogP contribution >= 0.6 is 0 Å². The SMILES string of the molecule is CCCOc1ccc(C(=O)Oc2ccc(/C=N\NC(=O)c3ccc(NS(=O)(=O)c4ccc(C)cc4)cc3)cc2)cc1. The molecule has 1 amide bonds. The van der Waals surface area contributed by atoms with E-state index in [1.54, 1.807) is 60.7 Å². The van der Waals surface area contributed by atoms with E-state index in [9.17, 15) is 18.0 Å². The number of nitrogens with zero attached hydrogens (tertiary/aromatic N) is 1. The van der Waals surface area contributed by atoms with Crippen molar-refractivity contribution in [2.24, 2.45) is 5.10 Å². The summed E-state index contributed by atoms with van der Waals surface area (Å²) in [5.74, 6) is 0.0959. The van der Waals surface area contributed by atoms with Crippen molar-refractivity contribution >= 4 is 33.8 Å².